The maximum absolute atomic E-state index is 13.0. The molecule has 3 aromatic rings. The highest BCUT2D eigenvalue weighted by Gasteiger charge is 2.29. The van der Waals surface area contributed by atoms with Crippen LogP contribution in [-0.2, 0) is 0 Å². The molecule has 0 saturated carbocycles. The third kappa shape index (κ3) is 3.96. The molecule has 30 heavy (non-hydrogen) atoms. The molecule has 1 aromatic carbocycles. The Hall–Kier alpha value is -3.49. The molecule has 1 aliphatic rings. The lowest BCUT2D eigenvalue weighted by Gasteiger charge is -2.31. The van der Waals surface area contributed by atoms with Crippen molar-refractivity contribution in [1.82, 2.24) is 25.1 Å². The first-order chi connectivity index (χ1) is 14.6. The van der Waals surface area contributed by atoms with Crippen molar-refractivity contribution in [3.63, 3.8) is 0 Å². The van der Waals surface area contributed by atoms with Gasteiger partial charge in [-0.15, -0.1) is 10.2 Å². The summed E-state index contributed by atoms with van der Waals surface area (Å²) in [6, 6.07) is 5.22. The Morgan fingerprint density at radius 3 is 2.57 bits per heavy atom. The van der Waals surface area contributed by atoms with E-state index in [0.717, 1.165) is 18.5 Å². The van der Waals surface area contributed by atoms with E-state index in [1.54, 1.807) is 44.8 Å². The van der Waals surface area contributed by atoms with Gasteiger partial charge < -0.3 is 18.8 Å². The maximum atomic E-state index is 13.0. The molecule has 0 atom stereocenters. The van der Waals surface area contributed by atoms with E-state index in [-0.39, 0.29) is 11.8 Å². The number of ether oxygens (including phenoxy) is 2. The molecule has 9 nitrogen and oxygen atoms in total. The molecule has 0 unspecified atom stereocenters. The van der Waals surface area contributed by atoms with Crippen LogP contribution in [0.2, 0.25) is 0 Å². The highest BCUT2D eigenvalue weighted by atomic mass is 16.5. The zero-order valence-electron chi connectivity index (χ0n) is 17.2. The highest BCUT2D eigenvalue weighted by molar-refractivity contribution is 5.97. The number of aromatic nitrogens is 4. The number of benzene rings is 1. The van der Waals surface area contributed by atoms with Gasteiger partial charge in [0, 0.05) is 25.2 Å². The third-order valence-corrected chi connectivity index (χ3v) is 5.21. The van der Waals surface area contributed by atoms with Crippen LogP contribution in [0.3, 0.4) is 0 Å². The van der Waals surface area contributed by atoms with Gasteiger partial charge in [0.2, 0.25) is 5.89 Å². The molecule has 1 amide bonds. The first-order valence-electron chi connectivity index (χ1n) is 9.72. The first-order valence-corrected chi connectivity index (χ1v) is 9.72. The number of hydrogen-bond acceptors (Lipinski definition) is 8. The quantitative estimate of drug-likeness (QED) is 0.634. The van der Waals surface area contributed by atoms with Crippen molar-refractivity contribution in [2.24, 2.45) is 0 Å². The van der Waals surface area contributed by atoms with Crippen molar-refractivity contribution < 1.29 is 18.7 Å². The molecule has 1 fully saturated rings. The molecule has 0 radical (unpaired) electrons. The summed E-state index contributed by atoms with van der Waals surface area (Å²) >= 11 is 0. The van der Waals surface area contributed by atoms with Crippen LogP contribution in [0, 0.1) is 6.92 Å². The third-order valence-electron chi connectivity index (χ3n) is 5.21. The molecule has 0 N–H and O–H groups in total. The number of carbonyl (C=O) groups is 1. The van der Waals surface area contributed by atoms with Crippen LogP contribution in [0.15, 0.2) is 35.0 Å². The lowest BCUT2D eigenvalue weighted by atomic mass is 9.96. The SMILES string of the molecule is COc1ccc(OC)c(C(=O)N2CCC(c3nnc(-c4cnc(C)cn4)o3)CC2)c1. The first kappa shape index (κ1) is 19.8. The summed E-state index contributed by atoms with van der Waals surface area (Å²) < 4.78 is 16.4. The number of carbonyl (C=O) groups excluding carboxylic acids is 1. The zero-order valence-corrected chi connectivity index (χ0v) is 17.2. The van der Waals surface area contributed by atoms with Crippen LogP contribution < -0.4 is 9.47 Å². The molecule has 3 heterocycles. The van der Waals surface area contributed by atoms with Crippen LogP contribution in [0.5, 0.6) is 11.5 Å². The van der Waals surface area contributed by atoms with Crippen molar-refractivity contribution in [2.75, 3.05) is 27.3 Å². The van der Waals surface area contributed by atoms with E-state index in [1.165, 1.54) is 0 Å². The molecule has 0 bridgehead atoms. The van der Waals surface area contributed by atoms with Gasteiger partial charge in [0.25, 0.3) is 11.8 Å². The number of hydrogen-bond donors (Lipinski definition) is 0. The van der Waals surface area contributed by atoms with Crippen LogP contribution in [0.25, 0.3) is 11.6 Å². The molecule has 4 rings (SSSR count). The summed E-state index contributed by atoms with van der Waals surface area (Å²) in [5, 5.41) is 8.30. The molecule has 2 aromatic heterocycles. The number of likely N-dealkylation sites (tertiary alicyclic amines) is 1. The van der Waals surface area contributed by atoms with Crippen molar-refractivity contribution in [3.05, 3.63) is 47.7 Å². The Balaban J connectivity index is 1.43. The van der Waals surface area contributed by atoms with E-state index in [4.69, 9.17) is 13.9 Å². The fraction of sp³-hybridized carbons (Fsp3) is 0.381. The fourth-order valence-corrected chi connectivity index (χ4v) is 3.49. The Bertz CT molecular complexity index is 1030. The van der Waals surface area contributed by atoms with E-state index in [9.17, 15) is 4.79 Å². The minimum atomic E-state index is -0.0784. The average Bonchev–Trinajstić information content (AvgIpc) is 3.29. The smallest absolute Gasteiger partial charge is 0.267 e. The van der Waals surface area contributed by atoms with Gasteiger partial charge >= 0.3 is 0 Å². The van der Waals surface area contributed by atoms with Crippen LogP contribution in [0.1, 0.15) is 40.7 Å². The Labute approximate surface area is 174 Å². The number of nitrogens with zero attached hydrogens (tertiary/aromatic N) is 5. The van der Waals surface area contributed by atoms with E-state index < -0.39 is 0 Å². The largest absolute Gasteiger partial charge is 0.497 e. The summed E-state index contributed by atoms with van der Waals surface area (Å²) in [6.45, 7) is 3.05. The number of amides is 1. The van der Waals surface area contributed by atoms with Crippen LogP contribution >= 0.6 is 0 Å². The van der Waals surface area contributed by atoms with E-state index >= 15 is 0 Å². The fourth-order valence-electron chi connectivity index (χ4n) is 3.49. The lowest BCUT2D eigenvalue weighted by molar-refractivity contribution is 0.0702. The number of piperidine rings is 1. The maximum Gasteiger partial charge on any atom is 0.267 e. The normalized spacial score (nSPS) is 14.6. The number of aryl methyl sites for hydroxylation is 1. The summed E-state index contributed by atoms with van der Waals surface area (Å²) in [5.41, 5.74) is 1.87. The van der Waals surface area contributed by atoms with Gasteiger partial charge in [-0.25, -0.2) is 4.98 Å². The van der Waals surface area contributed by atoms with Crippen molar-refractivity contribution in [3.8, 4) is 23.1 Å². The molecule has 1 aliphatic heterocycles. The monoisotopic (exact) mass is 409 g/mol. The van der Waals surface area contributed by atoms with Gasteiger partial charge in [0.1, 0.15) is 17.2 Å². The summed E-state index contributed by atoms with van der Waals surface area (Å²) in [5.74, 6) is 2.09. The summed E-state index contributed by atoms with van der Waals surface area (Å²) in [4.78, 5) is 23.3. The predicted octanol–water partition coefficient (Wildman–Crippen LogP) is 2.87. The highest BCUT2D eigenvalue weighted by Crippen LogP contribution is 2.31. The van der Waals surface area contributed by atoms with E-state index in [1.807, 2.05) is 11.8 Å². The minimum absolute atomic E-state index is 0.0784. The Morgan fingerprint density at radius 1 is 1.10 bits per heavy atom. The van der Waals surface area contributed by atoms with Crippen molar-refractivity contribution in [2.45, 2.75) is 25.7 Å². The van der Waals surface area contributed by atoms with Gasteiger partial charge in [-0.1, -0.05) is 0 Å². The molecular formula is C21H23N5O4. The topological polar surface area (TPSA) is 103 Å². The molecule has 156 valence electrons. The van der Waals surface area contributed by atoms with E-state index in [0.29, 0.717) is 47.6 Å². The average molecular weight is 409 g/mol. The van der Waals surface area contributed by atoms with Crippen LogP contribution in [-0.4, -0.2) is 58.3 Å². The van der Waals surface area contributed by atoms with Gasteiger partial charge in [-0.05, 0) is 38.0 Å². The Kier molecular flexibility index (Phi) is 5.60. The molecule has 9 heteroatoms. The minimum Gasteiger partial charge on any atom is -0.497 e. The summed E-state index contributed by atoms with van der Waals surface area (Å²) in [6.07, 6.45) is 4.75. The summed E-state index contributed by atoms with van der Waals surface area (Å²) in [7, 11) is 3.12. The Morgan fingerprint density at radius 2 is 1.90 bits per heavy atom. The second kappa shape index (κ2) is 8.48. The van der Waals surface area contributed by atoms with Gasteiger partial charge in [-0.3, -0.25) is 9.78 Å². The standard InChI is InChI=1S/C21H23N5O4/c1-13-11-23-17(12-22-13)20-25-24-19(30-20)14-6-8-26(9-7-14)21(27)16-10-15(28-2)4-5-18(16)29-3/h4-5,10-12,14H,6-9H2,1-3H3. The van der Waals surface area contributed by atoms with Crippen LogP contribution in [0.4, 0.5) is 0 Å². The van der Waals surface area contributed by atoms with Crippen molar-refractivity contribution >= 4 is 5.91 Å². The van der Waals surface area contributed by atoms with Gasteiger partial charge in [0.05, 0.1) is 31.7 Å². The number of rotatable bonds is 5. The van der Waals surface area contributed by atoms with Gasteiger partial charge in [-0.2, -0.15) is 0 Å². The van der Waals surface area contributed by atoms with Gasteiger partial charge in [0.15, 0.2) is 0 Å². The predicted molar refractivity (Wildman–Crippen MR) is 107 cm³/mol. The molecule has 0 spiro atoms. The van der Waals surface area contributed by atoms with E-state index in [2.05, 4.69) is 20.2 Å². The lowest BCUT2D eigenvalue weighted by Crippen LogP contribution is -2.38. The van der Waals surface area contributed by atoms with Crippen molar-refractivity contribution in [1.29, 1.82) is 0 Å². The number of methoxy groups -OCH3 is 2. The molecule has 1 saturated heterocycles. The molecular weight excluding hydrogens is 386 g/mol. The second-order valence-corrected chi connectivity index (χ2v) is 7.12. The molecule has 0 aliphatic carbocycles. The second-order valence-electron chi connectivity index (χ2n) is 7.12. The zero-order chi connectivity index (χ0) is 21.1.